The second-order valence-corrected chi connectivity index (χ2v) is 8.61. The number of rotatable bonds is 6. The van der Waals surface area contributed by atoms with Crippen LogP contribution in [-0.4, -0.2) is 31.3 Å². The molecule has 7 nitrogen and oxygen atoms in total. The second kappa shape index (κ2) is 8.19. The SMILES string of the molecule is CS(=O)(=O)c1ccc(SCC(=O)Nc2cccc(C(F)(F)F)c2)c([N+](=O)[O-])c1. The Kier molecular flexibility index (Phi) is 6.34. The van der Waals surface area contributed by atoms with E-state index < -0.39 is 38.1 Å². The summed E-state index contributed by atoms with van der Waals surface area (Å²) in [5, 5.41) is 13.4. The van der Waals surface area contributed by atoms with Gasteiger partial charge in [0, 0.05) is 18.0 Å². The van der Waals surface area contributed by atoms with E-state index in [4.69, 9.17) is 0 Å². The van der Waals surface area contributed by atoms with Gasteiger partial charge in [-0.3, -0.25) is 14.9 Å². The van der Waals surface area contributed by atoms with Crippen LogP contribution >= 0.6 is 11.8 Å². The highest BCUT2D eigenvalue weighted by molar-refractivity contribution is 8.00. The number of nitro groups is 1. The summed E-state index contributed by atoms with van der Waals surface area (Å²) >= 11 is 0.761. The fourth-order valence-corrected chi connectivity index (χ4v) is 3.55. The Balaban J connectivity index is 2.12. The van der Waals surface area contributed by atoms with E-state index in [1.54, 1.807) is 0 Å². The van der Waals surface area contributed by atoms with E-state index in [0.717, 1.165) is 42.3 Å². The highest BCUT2D eigenvalue weighted by Gasteiger charge is 2.30. The number of sulfone groups is 1. The van der Waals surface area contributed by atoms with Crippen LogP contribution in [0.5, 0.6) is 0 Å². The average Bonchev–Trinajstić information content (AvgIpc) is 2.58. The van der Waals surface area contributed by atoms with Crippen LogP contribution in [0.4, 0.5) is 24.5 Å². The normalized spacial score (nSPS) is 11.9. The Bertz CT molecular complexity index is 1020. The second-order valence-electron chi connectivity index (χ2n) is 5.57. The van der Waals surface area contributed by atoms with Gasteiger partial charge in [-0.2, -0.15) is 13.2 Å². The Morgan fingerprint density at radius 2 is 1.89 bits per heavy atom. The first-order valence-electron chi connectivity index (χ1n) is 7.46. The fraction of sp³-hybridized carbons (Fsp3) is 0.188. The predicted octanol–water partition coefficient (Wildman–Crippen LogP) is 3.75. The van der Waals surface area contributed by atoms with Crippen LogP contribution in [0.15, 0.2) is 52.3 Å². The van der Waals surface area contributed by atoms with E-state index in [0.29, 0.717) is 0 Å². The number of halogens is 3. The summed E-state index contributed by atoms with van der Waals surface area (Å²) in [4.78, 5) is 22.2. The van der Waals surface area contributed by atoms with Gasteiger partial charge < -0.3 is 5.32 Å². The Morgan fingerprint density at radius 1 is 1.21 bits per heavy atom. The third-order valence-corrected chi connectivity index (χ3v) is 5.56. The van der Waals surface area contributed by atoms with Crippen LogP contribution in [-0.2, 0) is 20.8 Å². The molecule has 2 aromatic carbocycles. The third-order valence-electron chi connectivity index (χ3n) is 3.39. The molecule has 0 aliphatic carbocycles. The Hall–Kier alpha value is -2.60. The molecule has 0 fully saturated rings. The van der Waals surface area contributed by atoms with Crippen molar-refractivity contribution >= 4 is 38.9 Å². The molecule has 0 aliphatic rings. The molecule has 0 atom stereocenters. The summed E-state index contributed by atoms with van der Waals surface area (Å²) in [5.41, 5.74) is -1.48. The minimum atomic E-state index is -4.56. The number of anilines is 1. The number of thioether (sulfide) groups is 1. The van der Waals surface area contributed by atoms with Crippen molar-refractivity contribution in [1.82, 2.24) is 0 Å². The van der Waals surface area contributed by atoms with E-state index in [9.17, 15) is 36.5 Å². The number of amides is 1. The van der Waals surface area contributed by atoms with Crippen molar-refractivity contribution < 1.29 is 31.3 Å². The number of nitrogens with one attached hydrogen (secondary N) is 1. The molecule has 150 valence electrons. The van der Waals surface area contributed by atoms with E-state index in [2.05, 4.69) is 5.32 Å². The summed E-state index contributed by atoms with van der Waals surface area (Å²) < 4.78 is 61.1. The molecule has 0 aromatic heterocycles. The highest BCUT2D eigenvalue weighted by Crippen LogP contribution is 2.32. The van der Waals surface area contributed by atoms with Crippen LogP contribution in [0.3, 0.4) is 0 Å². The topological polar surface area (TPSA) is 106 Å². The van der Waals surface area contributed by atoms with E-state index in [-0.39, 0.29) is 21.2 Å². The summed E-state index contributed by atoms with van der Waals surface area (Å²) in [6.45, 7) is 0. The van der Waals surface area contributed by atoms with E-state index in [1.807, 2.05) is 0 Å². The van der Waals surface area contributed by atoms with Gasteiger partial charge in [0.1, 0.15) is 0 Å². The number of carbonyl (C=O) groups excluding carboxylic acids is 1. The van der Waals surface area contributed by atoms with Crippen LogP contribution in [0, 0.1) is 10.1 Å². The number of benzene rings is 2. The maximum absolute atomic E-state index is 12.7. The van der Waals surface area contributed by atoms with Crippen molar-refractivity contribution in [1.29, 1.82) is 0 Å². The number of nitro benzene ring substituents is 1. The molecule has 0 radical (unpaired) electrons. The first-order chi connectivity index (χ1) is 12.9. The smallest absolute Gasteiger partial charge is 0.325 e. The van der Waals surface area contributed by atoms with Crippen molar-refractivity contribution in [3.63, 3.8) is 0 Å². The molecule has 0 heterocycles. The van der Waals surface area contributed by atoms with Gasteiger partial charge in [-0.15, -0.1) is 11.8 Å². The molecule has 0 aliphatic heterocycles. The van der Waals surface area contributed by atoms with Crippen molar-refractivity contribution in [3.8, 4) is 0 Å². The molecule has 12 heteroatoms. The molecule has 28 heavy (non-hydrogen) atoms. The maximum atomic E-state index is 12.7. The first-order valence-corrected chi connectivity index (χ1v) is 10.3. The molecule has 0 unspecified atom stereocenters. The molecule has 0 saturated carbocycles. The lowest BCUT2D eigenvalue weighted by Crippen LogP contribution is -2.15. The molecular formula is C16H13F3N2O5S2. The molecular weight excluding hydrogens is 421 g/mol. The highest BCUT2D eigenvalue weighted by atomic mass is 32.2. The fourth-order valence-electron chi connectivity index (χ4n) is 2.11. The van der Waals surface area contributed by atoms with Crippen molar-refractivity contribution in [2.45, 2.75) is 16.0 Å². The largest absolute Gasteiger partial charge is 0.416 e. The van der Waals surface area contributed by atoms with Gasteiger partial charge in [0.25, 0.3) is 5.69 Å². The van der Waals surface area contributed by atoms with Gasteiger partial charge in [-0.25, -0.2) is 8.42 Å². The molecule has 2 rings (SSSR count). The summed E-state index contributed by atoms with van der Waals surface area (Å²) in [6, 6.07) is 7.32. The summed E-state index contributed by atoms with van der Waals surface area (Å²) in [5.74, 6) is -0.999. The molecule has 1 N–H and O–H groups in total. The summed E-state index contributed by atoms with van der Waals surface area (Å²) in [6.07, 6.45) is -3.65. The quantitative estimate of drug-likeness (QED) is 0.422. The van der Waals surface area contributed by atoms with Gasteiger partial charge >= 0.3 is 6.18 Å². The van der Waals surface area contributed by atoms with E-state index in [1.165, 1.54) is 18.2 Å². The predicted molar refractivity (Wildman–Crippen MR) is 97.0 cm³/mol. The zero-order valence-corrected chi connectivity index (χ0v) is 15.8. The minimum Gasteiger partial charge on any atom is -0.325 e. The number of nitrogens with zero attached hydrogens (tertiary/aromatic N) is 1. The van der Waals surface area contributed by atoms with Crippen LogP contribution in [0.2, 0.25) is 0 Å². The minimum absolute atomic E-state index is 0.0524. The molecule has 1 amide bonds. The van der Waals surface area contributed by atoms with Gasteiger partial charge in [0.05, 0.1) is 26.0 Å². The monoisotopic (exact) mass is 434 g/mol. The van der Waals surface area contributed by atoms with Gasteiger partial charge in [-0.1, -0.05) is 6.07 Å². The average molecular weight is 434 g/mol. The Morgan fingerprint density at radius 3 is 2.46 bits per heavy atom. The van der Waals surface area contributed by atoms with Gasteiger partial charge in [0.15, 0.2) is 9.84 Å². The van der Waals surface area contributed by atoms with Gasteiger partial charge in [0.2, 0.25) is 5.91 Å². The van der Waals surface area contributed by atoms with Crippen molar-refractivity contribution in [2.24, 2.45) is 0 Å². The van der Waals surface area contributed by atoms with Crippen molar-refractivity contribution in [2.75, 3.05) is 17.3 Å². The molecule has 0 bridgehead atoms. The number of carbonyl (C=O) groups is 1. The standard InChI is InChI=1S/C16H13F3N2O5S2/c1-28(25,26)12-5-6-14(13(8-12)21(23)24)27-9-15(22)20-11-4-2-3-10(7-11)16(17,18)19/h2-8H,9H2,1H3,(H,20,22). The molecule has 0 saturated heterocycles. The lowest BCUT2D eigenvalue weighted by Gasteiger charge is -2.10. The van der Waals surface area contributed by atoms with Gasteiger partial charge in [-0.05, 0) is 30.3 Å². The first kappa shape index (κ1) is 21.7. The number of alkyl halides is 3. The lowest BCUT2D eigenvalue weighted by atomic mass is 10.2. The molecule has 2 aromatic rings. The molecule has 0 spiro atoms. The van der Waals surface area contributed by atoms with Crippen LogP contribution in [0.25, 0.3) is 0 Å². The van der Waals surface area contributed by atoms with Crippen molar-refractivity contribution in [3.05, 3.63) is 58.1 Å². The van der Waals surface area contributed by atoms with E-state index >= 15 is 0 Å². The number of hydrogen-bond donors (Lipinski definition) is 1. The zero-order valence-electron chi connectivity index (χ0n) is 14.2. The van der Waals surface area contributed by atoms with Crippen LogP contribution in [0.1, 0.15) is 5.56 Å². The lowest BCUT2D eigenvalue weighted by molar-refractivity contribution is -0.388. The zero-order chi connectivity index (χ0) is 21.1. The Labute approximate surface area is 162 Å². The number of hydrogen-bond acceptors (Lipinski definition) is 6. The van der Waals surface area contributed by atoms with Crippen LogP contribution < -0.4 is 5.32 Å². The third kappa shape index (κ3) is 5.70. The summed E-state index contributed by atoms with van der Waals surface area (Å²) in [7, 11) is -3.65. The maximum Gasteiger partial charge on any atom is 0.416 e.